The summed E-state index contributed by atoms with van der Waals surface area (Å²) < 4.78 is 13.3. The maximum Gasteiger partial charge on any atom is 0.142 e. The minimum atomic E-state index is -0.371. The molecule has 0 bridgehead atoms. The molecular weight excluding hydrogens is 239 g/mol. The quantitative estimate of drug-likeness (QED) is 0.607. The Hall–Kier alpha value is -0.640. The summed E-state index contributed by atoms with van der Waals surface area (Å²) in [6, 6.07) is 5.02. The number of rotatable bonds is 6. The SMILES string of the molecule is CCC(CC)C(Cc1cccc(F)c1Cl)NN. The largest absolute Gasteiger partial charge is 0.271 e. The lowest BCUT2D eigenvalue weighted by Crippen LogP contribution is -2.42. The van der Waals surface area contributed by atoms with E-state index in [9.17, 15) is 4.39 Å². The Morgan fingerprint density at radius 1 is 1.35 bits per heavy atom. The highest BCUT2D eigenvalue weighted by molar-refractivity contribution is 6.31. The van der Waals surface area contributed by atoms with Crippen LogP contribution in [0.3, 0.4) is 0 Å². The van der Waals surface area contributed by atoms with Crippen molar-refractivity contribution in [2.75, 3.05) is 0 Å². The molecule has 0 aromatic heterocycles. The lowest BCUT2D eigenvalue weighted by molar-refractivity contribution is 0.335. The summed E-state index contributed by atoms with van der Waals surface area (Å²) in [5.41, 5.74) is 3.63. The van der Waals surface area contributed by atoms with Crippen LogP contribution in [-0.4, -0.2) is 6.04 Å². The summed E-state index contributed by atoms with van der Waals surface area (Å²) >= 11 is 5.94. The van der Waals surface area contributed by atoms with Crippen LogP contribution in [0.1, 0.15) is 32.3 Å². The van der Waals surface area contributed by atoms with E-state index < -0.39 is 0 Å². The van der Waals surface area contributed by atoms with Crippen LogP contribution in [0.4, 0.5) is 4.39 Å². The number of hydrazine groups is 1. The fraction of sp³-hybridized carbons (Fsp3) is 0.538. The van der Waals surface area contributed by atoms with Crippen LogP contribution in [-0.2, 0) is 6.42 Å². The van der Waals surface area contributed by atoms with Gasteiger partial charge in [-0.15, -0.1) is 0 Å². The summed E-state index contributed by atoms with van der Waals surface area (Å²) in [7, 11) is 0. The third kappa shape index (κ3) is 3.66. The number of nitrogens with one attached hydrogen (secondary N) is 1. The van der Waals surface area contributed by atoms with Crippen LogP contribution in [0.2, 0.25) is 5.02 Å². The molecule has 0 amide bonds. The van der Waals surface area contributed by atoms with Crippen molar-refractivity contribution in [2.24, 2.45) is 11.8 Å². The zero-order valence-electron chi connectivity index (χ0n) is 10.3. The predicted octanol–water partition coefficient (Wildman–Crippen LogP) is 3.29. The maximum absolute atomic E-state index is 13.3. The van der Waals surface area contributed by atoms with E-state index in [0.717, 1.165) is 18.4 Å². The van der Waals surface area contributed by atoms with Gasteiger partial charge in [0.1, 0.15) is 5.82 Å². The van der Waals surface area contributed by atoms with Gasteiger partial charge in [0.05, 0.1) is 5.02 Å². The van der Waals surface area contributed by atoms with Crippen molar-refractivity contribution < 1.29 is 4.39 Å². The molecular formula is C13H20ClFN2. The lowest BCUT2D eigenvalue weighted by atomic mass is 9.90. The number of benzene rings is 1. The van der Waals surface area contributed by atoms with Crippen molar-refractivity contribution in [3.8, 4) is 0 Å². The summed E-state index contributed by atoms with van der Waals surface area (Å²) in [5, 5.41) is 0.207. The number of hydrogen-bond donors (Lipinski definition) is 2. The first-order valence-electron chi connectivity index (χ1n) is 6.03. The van der Waals surface area contributed by atoms with E-state index in [4.69, 9.17) is 17.4 Å². The van der Waals surface area contributed by atoms with E-state index >= 15 is 0 Å². The summed E-state index contributed by atoms with van der Waals surface area (Å²) in [4.78, 5) is 0. The van der Waals surface area contributed by atoms with E-state index in [-0.39, 0.29) is 16.9 Å². The molecule has 0 radical (unpaired) electrons. The smallest absolute Gasteiger partial charge is 0.142 e. The van der Waals surface area contributed by atoms with Crippen molar-refractivity contribution >= 4 is 11.6 Å². The average Bonchev–Trinajstić information content (AvgIpc) is 2.34. The van der Waals surface area contributed by atoms with Gasteiger partial charge in [0.15, 0.2) is 0 Å². The molecule has 1 unspecified atom stereocenters. The van der Waals surface area contributed by atoms with Crippen molar-refractivity contribution in [3.63, 3.8) is 0 Å². The third-order valence-electron chi connectivity index (χ3n) is 3.30. The normalized spacial score (nSPS) is 13.1. The van der Waals surface area contributed by atoms with Gasteiger partial charge in [-0.2, -0.15) is 0 Å². The second-order valence-electron chi connectivity index (χ2n) is 4.27. The highest BCUT2D eigenvalue weighted by Crippen LogP contribution is 2.24. The average molecular weight is 259 g/mol. The first kappa shape index (κ1) is 14.4. The molecule has 0 fully saturated rings. The zero-order valence-corrected chi connectivity index (χ0v) is 11.1. The Kier molecular flexibility index (Phi) is 5.89. The van der Waals surface area contributed by atoms with Crippen LogP contribution >= 0.6 is 11.6 Å². The van der Waals surface area contributed by atoms with Crippen LogP contribution in [0.25, 0.3) is 0 Å². The standard InChI is InChI=1S/C13H20ClFN2/c1-3-9(4-2)12(17-16)8-10-6-5-7-11(15)13(10)14/h5-7,9,12,17H,3-4,8,16H2,1-2H3. The Bertz CT molecular complexity index is 353. The van der Waals surface area contributed by atoms with Crippen molar-refractivity contribution in [1.82, 2.24) is 5.43 Å². The Morgan fingerprint density at radius 3 is 2.53 bits per heavy atom. The molecule has 17 heavy (non-hydrogen) atoms. The van der Waals surface area contributed by atoms with Gasteiger partial charge in [-0.3, -0.25) is 11.3 Å². The van der Waals surface area contributed by atoms with Crippen molar-refractivity contribution in [3.05, 3.63) is 34.6 Å². The Labute approximate surface area is 107 Å². The topological polar surface area (TPSA) is 38.0 Å². The van der Waals surface area contributed by atoms with Crippen molar-refractivity contribution in [2.45, 2.75) is 39.2 Å². The molecule has 1 aromatic rings. The predicted molar refractivity (Wildman–Crippen MR) is 70.3 cm³/mol. The number of hydrogen-bond acceptors (Lipinski definition) is 2. The first-order chi connectivity index (χ1) is 8.13. The Balaban J connectivity index is 2.83. The van der Waals surface area contributed by atoms with Gasteiger partial charge in [0.25, 0.3) is 0 Å². The highest BCUT2D eigenvalue weighted by Gasteiger charge is 2.19. The van der Waals surface area contributed by atoms with Gasteiger partial charge in [-0.1, -0.05) is 50.4 Å². The number of halogens is 2. The fourth-order valence-electron chi connectivity index (χ4n) is 2.16. The van der Waals surface area contributed by atoms with Gasteiger partial charge < -0.3 is 0 Å². The lowest BCUT2D eigenvalue weighted by Gasteiger charge is -2.25. The van der Waals surface area contributed by atoms with E-state index in [1.165, 1.54) is 6.07 Å². The summed E-state index contributed by atoms with van der Waals surface area (Å²) in [6.45, 7) is 4.26. The zero-order chi connectivity index (χ0) is 12.8. The fourth-order valence-corrected chi connectivity index (χ4v) is 2.37. The summed E-state index contributed by atoms with van der Waals surface area (Å²) in [5.74, 6) is 5.67. The van der Waals surface area contributed by atoms with E-state index in [1.54, 1.807) is 6.07 Å². The van der Waals surface area contributed by atoms with Gasteiger partial charge in [0.2, 0.25) is 0 Å². The number of nitrogens with two attached hydrogens (primary N) is 1. The molecule has 0 aliphatic heterocycles. The molecule has 0 saturated heterocycles. The monoisotopic (exact) mass is 258 g/mol. The maximum atomic E-state index is 13.3. The molecule has 1 rings (SSSR count). The molecule has 0 spiro atoms. The van der Waals surface area contributed by atoms with Gasteiger partial charge in [-0.25, -0.2) is 4.39 Å². The van der Waals surface area contributed by atoms with E-state index in [2.05, 4.69) is 19.3 Å². The molecule has 0 aliphatic carbocycles. The Morgan fingerprint density at radius 2 is 2.00 bits per heavy atom. The molecule has 0 heterocycles. The minimum absolute atomic E-state index is 0.129. The summed E-state index contributed by atoms with van der Waals surface area (Å²) in [6.07, 6.45) is 2.73. The van der Waals surface area contributed by atoms with Gasteiger partial charge >= 0.3 is 0 Å². The molecule has 1 atom stereocenters. The highest BCUT2D eigenvalue weighted by atomic mass is 35.5. The van der Waals surface area contributed by atoms with E-state index in [0.29, 0.717) is 12.3 Å². The molecule has 96 valence electrons. The van der Waals surface area contributed by atoms with Crippen molar-refractivity contribution in [1.29, 1.82) is 0 Å². The van der Waals surface area contributed by atoms with Crippen LogP contribution in [0.5, 0.6) is 0 Å². The van der Waals surface area contributed by atoms with Crippen LogP contribution in [0.15, 0.2) is 18.2 Å². The van der Waals surface area contributed by atoms with E-state index in [1.807, 2.05) is 6.07 Å². The molecule has 4 heteroatoms. The molecule has 0 aliphatic rings. The second-order valence-corrected chi connectivity index (χ2v) is 4.64. The van der Waals surface area contributed by atoms with Gasteiger partial charge in [0, 0.05) is 6.04 Å². The molecule has 3 N–H and O–H groups in total. The first-order valence-corrected chi connectivity index (χ1v) is 6.40. The van der Waals surface area contributed by atoms with Crippen LogP contribution in [0, 0.1) is 11.7 Å². The van der Waals surface area contributed by atoms with Crippen LogP contribution < -0.4 is 11.3 Å². The second kappa shape index (κ2) is 6.94. The minimum Gasteiger partial charge on any atom is -0.271 e. The van der Waals surface area contributed by atoms with Gasteiger partial charge in [-0.05, 0) is 24.0 Å². The molecule has 0 saturated carbocycles. The third-order valence-corrected chi connectivity index (χ3v) is 3.73. The molecule has 1 aromatic carbocycles. The molecule has 2 nitrogen and oxygen atoms in total.